The predicted octanol–water partition coefficient (Wildman–Crippen LogP) is 2.03. The SMILES string of the molecule is CN=C(NCC1COc2ccccc2O1)NCC(C)(C)OC.I. The average Bonchev–Trinajstić information content (AvgIpc) is 2.55. The third kappa shape index (κ3) is 6.06. The van der Waals surface area contributed by atoms with Gasteiger partial charge >= 0.3 is 0 Å². The fraction of sp³-hybridized carbons (Fsp3) is 0.562. The molecule has 0 saturated carbocycles. The van der Waals surface area contributed by atoms with Crippen LogP contribution in [0.4, 0.5) is 0 Å². The Bertz CT molecular complexity index is 523. The highest BCUT2D eigenvalue weighted by Gasteiger charge is 2.21. The van der Waals surface area contributed by atoms with E-state index in [0.29, 0.717) is 25.7 Å². The maximum atomic E-state index is 5.90. The zero-order valence-corrected chi connectivity index (χ0v) is 16.4. The summed E-state index contributed by atoms with van der Waals surface area (Å²) in [5, 5.41) is 6.48. The van der Waals surface area contributed by atoms with E-state index in [0.717, 1.165) is 11.5 Å². The quantitative estimate of drug-likeness (QED) is 0.421. The van der Waals surface area contributed by atoms with E-state index in [1.807, 2.05) is 38.1 Å². The minimum absolute atomic E-state index is 0. The lowest BCUT2D eigenvalue weighted by atomic mass is 10.1. The molecule has 1 atom stereocenters. The van der Waals surface area contributed by atoms with Gasteiger partial charge in [-0.1, -0.05) is 12.1 Å². The van der Waals surface area contributed by atoms with Gasteiger partial charge in [0.05, 0.1) is 12.1 Å². The van der Waals surface area contributed by atoms with Crippen LogP contribution in [-0.4, -0.2) is 51.5 Å². The lowest BCUT2D eigenvalue weighted by molar-refractivity contribution is 0.0267. The van der Waals surface area contributed by atoms with Gasteiger partial charge in [0.25, 0.3) is 0 Å². The summed E-state index contributed by atoms with van der Waals surface area (Å²) in [5.41, 5.74) is -0.249. The molecule has 1 aliphatic heterocycles. The predicted molar refractivity (Wildman–Crippen MR) is 102 cm³/mol. The summed E-state index contributed by atoms with van der Waals surface area (Å²) in [7, 11) is 3.44. The molecule has 1 aromatic rings. The second kappa shape index (κ2) is 9.17. The normalized spacial score (nSPS) is 17.2. The van der Waals surface area contributed by atoms with E-state index in [4.69, 9.17) is 14.2 Å². The maximum absolute atomic E-state index is 5.90. The molecule has 0 radical (unpaired) electrons. The van der Waals surface area contributed by atoms with Crippen molar-refractivity contribution in [3.63, 3.8) is 0 Å². The Morgan fingerprint density at radius 1 is 1.30 bits per heavy atom. The molecule has 1 aromatic carbocycles. The highest BCUT2D eigenvalue weighted by molar-refractivity contribution is 14.0. The standard InChI is InChI=1S/C16H25N3O3.HI/c1-16(2,20-4)11-19-15(17-3)18-9-12-10-21-13-7-5-6-8-14(13)22-12;/h5-8,12H,9-11H2,1-4H3,(H2,17,18,19);1H. The van der Waals surface area contributed by atoms with Crippen molar-refractivity contribution < 1.29 is 14.2 Å². The number of halogens is 1. The second-order valence-electron chi connectivity index (χ2n) is 5.77. The number of rotatable bonds is 5. The zero-order valence-electron chi connectivity index (χ0n) is 14.1. The maximum Gasteiger partial charge on any atom is 0.191 e. The van der Waals surface area contributed by atoms with Crippen molar-refractivity contribution in [2.24, 2.45) is 4.99 Å². The van der Waals surface area contributed by atoms with Crippen LogP contribution in [0.3, 0.4) is 0 Å². The van der Waals surface area contributed by atoms with Gasteiger partial charge in [-0.25, -0.2) is 0 Å². The van der Waals surface area contributed by atoms with E-state index in [1.54, 1.807) is 14.2 Å². The first-order chi connectivity index (χ1) is 10.5. The number of para-hydroxylation sites is 2. The van der Waals surface area contributed by atoms with Crippen LogP contribution in [0.2, 0.25) is 0 Å². The van der Waals surface area contributed by atoms with Crippen LogP contribution in [0.5, 0.6) is 11.5 Å². The first-order valence-corrected chi connectivity index (χ1v) is 7.42. The van der Waals surface area contributed by atoms with Gasteiger partial charge in [-0.2, -0.15) is 0 Å². The molecule has 1 heterocycles. The number of hydrogen-bond donors (Lipinski definition) is 2. The van der Waals surface area contributed by atoms with Crippen LogP contribution in [-0.2, 0) is 4.74 Å². The summed E-state index contributed by atoms with van der Waals surface area (Å²) in [5.74, 6) is 2.29. The first kappa shape index (κ1) is 19.8. The molecule has 2 rings (SSSR count). The zero-order chi connectivity index (χ0) is 16.0. The number of aliphatic imine (C=N–C) groups is 1. The van der Waals surface area contributed by atoms with Crippen LogP contribution < -0.4 is 20.1 Å². The molecular formula is C16H26IN3O3. The van der Waals surface area contributed by atoms with Gasteiger partial charge in [0.2, 0.25) is 0 Å². The van der Waals surface area contributed by atoms with Gasteiger partial charge in [-0.15, -0.1) is 24.0 Å². The summed E-state index contributed by atoms with van der Waals surface area (Å²) in [6.45, 7) is 5.82. The van der Waals surface area contributed by atoms with Crippen molar-refractivity contribution >= 4 is 29.9 Å². The van der Waals surface area contributed by atoms with E-state index < -0.39 is 0 Å². The lowest BCUT2D eigenvalue weighted by Crippen LogP contribution is -2.48. The molecule has 0 saturated heterocycles. The molecule has 0 amide bonds. The van der Waals surface area contributed by atoms with Gasteiger partial charge in [-0.05, 0) is 26.0 Å². The van der Waals surface area contributed by atoms with E-state index in [9.17, 15) is 0 Å². The minimum atomic E-state index is -0.249. The number of nitrogens with zero attached hydrogens (tertiary/aromatic N) is 1. The van der Waals surface area contributed by atoms with Crippen molar-refractivity contribution in [1.82, 2.24) is 10.6 Å². The Hall–Kier alpha value is -1.22. The van der Waals surface area contributed by atoms with E-state index in [1.165, 1.54) is 0 Å². The fourth-order valence-corrected chi connectivity index (χ4v) is 1.96. The summed E-state index contributed by atoms with van der Waals surface area (Å²) >= 11 is 0. The number of fused-ring (bicyclic) bond motifs is 1. The summed E-state index contributed by atoms with van der Waals surface area (Å²) < 4.78 is 17.0. The van der Waals surface area contributed by atoms with Crippen molar-refractivity contribution in [3.05, 3.63) is 24.3 Å². The van der Waals surface area contributed by atoms with Crippen molar-refractivity contribution in [3.8, 4) is 11.5 Å². The Labute approximate surface area is 155 Å². The molecule has 7 heteroatoms. The molecule has 0 spiro atoms. The molecule has 1 aliphatic rings. The van der Waals surface area contributed by atoms with Gasteiger partial charge in [-0.3, -0.25) is 4.99 Å². The van der Waals surface area contributed by atoms with E-state index >= 15 is 0 Å². The third-order valence-electron chi connectivity index (χ3n) is 3.52. The van der Waals surface area contributed by atoms with Crippen molar-refractivity contribution in [2.75, 3.05) is 33.9 Å². The first-order valence-electron chi connectivity index (χ1n) is 7.42. The Morgan fingerprint density at radius 2 is 2.00 bits per heavy atom. The highest BCUT2D eigenvalue weighted by atomic mass is 127. The monoisotopic (exact) mass is 435 g/mol. The van der Waals surface area contributed by atoms with Crippen molar-refractivity contribution in [1.29, 1.82) is 0 Å². The Morgan fingerprint density at radius 3 is 2.65 bits per heavy atom. The largest absolute Gasteiger partial charge is 0.486 e. The Balaban J connectivity index is 0.00000264. The van der Waals surface area contributed by atoms with Crippen molar-refractivity contribution in [2.45, 2.75) is 25.6 Å². The Kier molecular flexibility index (Phi) is 7.90. The summed E-state index contributed by atoms with van der Waals surface area (Å²) in [6, 6.07) is 7.69. The number of hydrogen-bond acceptors (Lipinski definition) is 4. The van der Waals surface area contributed by atoms with Gasteiger partial charge in [0.1, 0.15) is 12.7 Å². The van der Waals surface area contributed by atoms with Gasteiger partial charge in [0, 0.05) is 20.7 Å². The molecule has 0 bridgehead atoms. The van der Waals surface area contributed by atoms with Gasteiger partial charge in [0.15, 0.2) is 17.5 Å². The molecule has 0 aromatic heterocycles. The molecule has 0 fully saturated rings. The number of ether oxygens (including phenoxy) is 3. The number of methoxy groups -OCH3 is 1. The van der Waals surface area contributed by atoms with Crippen LogP contribution in [0.1, 0.15) is 13.8 Å². The van der Waals surface area contributed by atoms with Crippen LogP contribution >= 0.6 is 24.0 Å². The molecule has 2 N–H and O–H groups in total. The molecule has 1 unspecified atom stereocenters. The van der Waals surface area contributed by atoms with Crippen LogP contribution in [0.25, 0.3) is 0 Å². The van der Waals surface area contributed by atoms with Gasteiger partial charge < -0.3 is 24.8 Å². The number of nitrogens with one attached hydrogen (secondary N) is 2. The highest BCUT2D eigenvalue weighted by Crippen LogP contribution is 2.30. The topological polar surface area (TPSA) is 64.1 Å². The molecule has 23 heavy (non-hydrogen) atoms. The molecule has 130 valence electrons. The average molecular weight is 435 g/mol. The number of benzene rings is 1. The third-order valence-corrected chi connectivity index (χ3v) is 3.52. The summed E-state index contributed by atoms with van der Waals surface area (Å²) in [4.78, 5) is 4.20. The molecule has 6 nitrogen and oxygen atoms in total. The molecule has 0 aliphatic carbocycles. The van der Waals surface area contributed by atoms with Crippen LogP contribution in [0, 0.1) is 0 Å². The van der Waals surface area contributed by atoms with E-state index in [2.05, 4.69) is 15.6 Å². The van der Waals surface area contributed by atoms with E-state index in [-0.39, 0.29) is 35.7 Å². The smallest absolute Gasteiger partial charge is 0.191 e. The lowest BCUT2D eigenvalue weighted by Gasteiger charge is -2.28. The second-order valence-corrected chi connectivity index (χ2v) is 5.77. The minimum Gasteiger partial charge on any atom is -0.486 e. The summed E-state index contributed by atoms with van der Waals surface area (Å²) in [6.07, 6.45) is -0.0520. The number of guanidine groups is 1. The molecular weight excluding hydrogens is 409 g/mol. The fourth-order valence-electron chi connectivity index (χ4n) is 1.96. The van der Waals surface area contributed by atoms with Crippen LogP contribution in [0.15, 0.2) is 29.3 Å².